The van der Waals surface area contributed by atoms with E-state index in [9.17, 15) is 0 Å². The van der Waals surface area contributed by atoms with Gasteiger partial charge in [0, 0.05) is 51.5 Å². The maximum absolute atomic E-state index is 5.39. The Balaban J connectivity index is 0.00000261. The quantitative estimate of drug-likeness (QED) is 0.268. The fourth-order valence-corrected chi connectivity index (χ4v) is 3.21. The molecule has 1 saturated heterocycles. The Morgan fingerprint density at radius 3 is 2.67 bits per heavy atom. The summed E-state index contributed by atoms with van der Waals surface area (Å²) >= 11 is 0. The average molecular weight is 485 g/mol. The lowest BCUT2D eigenvalue weighted by atomic mass is 10.2. The van der Waals surface area contributed by atoms with Gasteiger partial charge in [0.2, 0.25) is 0 Å². The van der Waals surface area contributed by atoms with Gasteiger partial charge in [-0.2, -0.15) is 0 Å². The van der Waals surface area contributed by atoms with Crippen molar-refractivity contribution in [3.63, 3.8) is 0 Å². The van der Waals surface area contributed by atoms with Gasteiger partial charge in [0.15, 0.2) is 5.96 Å². The molecular weight excluding hydrogens is 453 g/mol. The molecule has 150 valence electrons. The van der Waals surface area contributed by atoms with Crippen LogP contribution in [-0.4, -0.2) is 69.9 Å². The minimum absolute atomic E-state index is 0. The summed E-state index contributed by atoms with van der Waals surface area (Å²) in [5.41, 5.74) is 2.51. The summed E-state index contributed by atoms with van der Waals surface area (Å²) in [4.78, 5) is 9.54. The molecule has 2 heterocycles. The number of nitrogens with one attached hydrogen (secondary N) is 2. The molecule has 0 unspecified atom stereocenters. The molecule has 2 aliphatic heterocycles. The van der Waals surface area contributed by atoms with Crippen LogP contribution in [0.4, 0.5) is 5.69 Å². The van der Waals surface area contributed by atoms with E-state index in [2.05, 4.69) is 63.8 Å². The third-order valence-electron chi connectivity index (χ3n) is 4.68. The van der Waals surface area contributed by atoms with Crippen LogP contribution < -0.4 is 15.5 Å². The Morgan fingerprint density at radius 1 is 1.15 bits per heavy atom. The molecule has 27 heavy (non-hydrogen) atoms. The van der Waals surface area contributed by atoms with Crippen molar-refractivity contribution in [2.45, 2.75) is 13.5 Å². The van der Waals surface area contributed by atoms with Crippen molar-refractivity contribution in [3.8, 4) is 0 Å². The first-order valence-electron chi connectivity index (χ1n) is 9.66. The molecule has 0 aliphatic carbocycles. The maximum atomic E-state index is 5.39. The predicted molar refractivity (Wildman–Crippen MR) is 123 cm³/mol. The van der Waals surface area contributed by atoms with Crippen molar-refractivity contribution >= 4 is 35.6 Å². The van der Waals surface area contributed by atoms with Crippen molar-refractivity contribution in [1.29, 1.82) is 0 Å². The average Bonchev–Trinajstić information content (AvgIpc) is 3.22. The van der Waals surface area contributed by atoms with E-state index >= 15 is 0 Å². The standard InChI is InChI=1S/C20H31N5O.HI/c1-2-21-20(22-8-11-24-12-14-26-15-13-24)23-17-18-6-5-7-19(16-18)25-9-3-4-10-25;/h3-7,16H,2,8-15,17H2,1H3,(H2,21,22,23);1H. The first-order chi connectivity index (χ1) is 12.8. The first kappa shape index (κ1) is 22.0. The Morgan fingerprint density at radius 2 is 1.93 bits per heavy atom. The van der Waals surface area contributed by atoms with Gasteiger partial charge in [-0.15, -0.1) is 24.0 Å². The zero-order valence-electron chi connectivity index (χ0n) is 16.2. The van der Waals surface area contributed by atoms with Crippen LogP contribution in [0.5, 0.6) is 0 Å². The third-order valence-corrected chi connectivity index (χ3v) is 4.68. The number of benzene rings is 1. The Bertz CT molecular complexity index is 608. The van der Waals surface area contributed by atoms with Gasteiger partial charge in [0.05, 0.1) is 19.8 Å². The van der Waals surface area contributed by atoms with Crippen LogP contribution in [0.25, 0.3) is 0 Å². The van der Waals surface area contributed by atoms with Gasteiger partial charge >= 0.3 is 0 Å². The molecule has 0 amide bonds. The summed E-state index contributed by atoms with van der Waals surface area (Å²) in [6.07, 6.45) is 4.43. The van der Waals surface area contributed by atoms with Crippen LogP contribution in [0.3, 0.4) is 0 Å². The van der Waals surface area contributed by atoms with E-state index in [-0.39, 0.29) is 24.0 Å². The molecule has 0 radical (unpaired) electrons. The van der Waals surface area contributed by atoms with E-state index in [4.69, 9.17) is 9.73 Å². The van der Waals surface area contributed by atoms with Gasteiger partial charge in [0.25, 0.3) is 0 Å². The Labute approximate surface area is 180 Å². The number of halogens is 1. The highest BCUT2D eigenvalue weighted by Crippen LogP contribution is 2.18. The fourth-order valence-electron chi connectivity index (χ4n) is 3.21. The molecule has 0 saturated carbocycles. The largest absolute Gasteiger partial charge is 0.379 e. The highest BCUT2D eigenvalue weighted by molar-refractivity contribution is 14.0. The normalized spacial score (nSPS) is 17.7. The zero-order valence-corrected chi connectivity index (χ0v) is 18.5. The summed E-state index contributed by atoms with van der Waals surface area (Å²) in [7, 11) is 0. The number of hydrogen-bond acceptors (Lipinski definition) is 4. The second kappa shape index (κ2) is 12.2. The lowest BCUT2D eigenvalue weighted by Crippen LogP contribution is -2.44. The maximum Gasteiger partial charge on any atom is 0.191 e. The number of rotatable bonds is 7. The lowest BCUT2D eigenvalue weighted by Gasteiger charge is -2.26. The summed E-state index contributed by atoms with van der Waals surface area (Å²) in [5, 5.41) is 6.78. The number of anilines is 1. The number of guanidine groups is 1. The van der Waals surface area contributed by atoms with Crippen LogP contribution in [0.2, 0.25) is 0 Å². The number of aliphatic imine (C=N–C) groups is 1. The Kier molecular flexibility index (Phi) is 9.93. The molecule has 2 N–H and O–H groups in total. The van der Waals surface area contributed by atoms with Gasteiger partial charge in [-0.1, -0.05) is 24.3 Å². The molecule has 7 heteroatoms. The van der Waals surface area contributed by atoms with Crippen LogP contribution in [-0.2, 0) is 11.3 Å². The van der Waals surface area contributed by atoms with Gasteiger partial charge in [0.1, 0.15) is 0 Å². The van der Waals surface area contributed by atoms with E-state index in [1.165, 1.54) is 11.3 Å². The molecule has 1 aromatic rings. The van der Waals surface area contributed by atoms with Crippen molar-refractivity contribution < 1.29 is 4.74 Å². The van der Waals surface area contributed by atoms with Crippen LogP contribution >= 0.6 is 24.0 Å². The van der Waals surface area contributed by atoms with Crippen molar-refractivity contribution in [2.24, 2.45) is 4.99 Å². The minimum atomic E-state index is 0. The van der Waals surface area contributed by atoms with E-state index in [0.29, 0.717) is 6.54 Å². The van der Waals surface area contributed by atoms with E-state index in [0.717, 1.165) is 65.0 Å². The first-order valence-corrected chi connectivity index (χ1v) is 9.66. The van der Waals surface area contributed by atoms with Crippen molar-refractivity contribution in [3.05, 3.63) is 42.0 Å². The third kappa shape index (κ3) is 7.31. The van der Waals surface area contributed by atoms with Gasteiger partial charge < -0.3 is 20.3 Å². The monoisotopic (exact) mass is 485 g/mol. The fraction of sp³-hybridized carbons (Fsp3) is 0.550. The smallest absolute Gasteiger partial charge is 0.191 e. The molecule has 2 aliphatic rings. The number of hydrogen-bond donors (Lipinski definition) is 2. The van der Waals surface area contributed by atoms with Crippen LogP contribution in [0, 0.1) is 0 Å². The van der Waals surface area contributed by atoms with Gasteiger partial charge in [-0.25, -0.2) is 4.99 Å². The van der Waals surface area contributed by atoms with E-state index < -0.39 is 0 Å². The predicted octanol–water partition coefficient (Wildman–Crippen LogP) is 2.07. The molecular formula is C20H32IN5O. The SMILES string of the molecule is CCNC(=NCc1cccc(N2CC=CC2)c1)NCCN1CCOCC1.I. The molecule has 0 spiro atoms. The zero-order chi connectivity index (χ0) is 18.0. The summed E-state index contributed by atoms with van der Waals surface area (Å²) < 4.78 is 5.39. The lowest BCUT2D eigenvalue weighted by molar-refractivity contribution is 0.0389. The highest BCUT2D eigenvalue weighted by atomic mass is 127. The molecule has 3 rings (SSSR count). The summed E-state index contributed by atoms with van der Waals surface area (Å²) in [6.45, 7) is 11.3. The number of nitrogens with zero attached hydrogens (tertiary/aromatic N) is 3. The topological polar surface area (TPSA) is 52.1 Å². The summed E-state index contributed by atoms with van der Waals surface area (Å²) in [5.74, 6) is 0.883. The molecule has 1 fully saturated rings. The number of morpholine rings is 1. The van der Waals surface area contributed by atoms with Crippen molar-refractivity contribution in [2.75, 3.05) is 63.9 Å². The highest BCUT2D eigenvalue weighted by Gasteiger charge is 2.10. The Hall–Kier alpha value is -1.32. The molecule has 0 bridgehead atoms. The molecule has 0 aromatic heterocycles. The summed E-state index contributed by atoms with van der Waals surface area (Å²) in [6, 6.07) is 8.69. The molecule has 0 atom stereocenters. The molecule has 6 nitrogen and oxygen atoms in total. The second-order valence-corrected chi connectivity index (χ2v) is 6.62. The molecule has 1 aromatic carbocycles. The number of ether oxygens (including phenoxy) is 1. The van der Waals surface area contributed by atoms with Gasteiger partial charge in [-0.3, -0.25) is 4.90 Å². The van der Waals surface area contributed by atoms with Crippen molar-refractivity contribution in [1.82, 2.24) is 15.5 Å². The van der Waals surface area contributed by atoms with Crippen LogP contribution in [0.15, 0.2) is 41.4 Å². The van der Waals surface area contributed by atoms with Crippen LogP contribution in [0.1, 0.15) is 12.5 Å². The van der Waals surface area contributed by atoms with E-state index in [1.807, 2.05) is 0 Å². The van der Waals surface area contributed by atoms with Gasteiger partial charge in [-0.05, 0) is 24.6 Å². The van der Waals surface area contributed by atoms with E-state index in [1.54, 1.807) is 0 Å². The second-order valence-electron chi connectivity index (χ2n) is 6.62. The minimum Gasteiger partial charge on any atom is -0.379 e.